The van der Waals surface area contributed by atoms with E-state index in [2.05, 4.69) is 9.97 Å². The second-order valence-electron chi connectivity index (χ2n) is 2.87. The molecule has 0 amide bonds. The van der Waals surface area contributed by atoms with Crippen molar-refractivity contribution in [3.05, 3.63) is 35.8 Å². The zero-order valence-electron chi connectivity index (χ0n) is 9.20. The number of para-hydroxylation sites is 1. The maximum absolute atomic E-state index is 4.33. The van der Waals surface area contributed by atoms with E-state index in [1.807, 2.05) is 52.0 Å². The number of benzene rings is 1. The van der Waals surface area contributed by atoms with Gasteiger partial charge in [0.1, 0.15) is 5.82 Å². The van der Waals surface area contributed by atoms with Crippen molar-refractivity contribution in [2.75, 3.05) is 0 Å². The highest BCUT2D eigenvalue weighted by Gasteiger charge is 1.98. The molecule has 0 aliphatic rings. The van der Waals surface area contributed by atoms with Crippen LogP contribution in [0.3, 0.4) is 0 Å². The zero-order valence-corrected chi connectivity index (χ0v) is 9.20. The Morgan fingerprint density at radius 2 is 1.57 bits per heavy atom. The first-order valence-corrected chi connectivity index (χ1v) is 4.97. The van der Waals surface area contributed by atoms with Crippen LogP contribution >= 0.6 is 0 Å². The topological polar surface area (TPSA) is 25.8 Å². The summed E-state index contributed by atoms with van der Waals surface area (Å²) >= 11 is 0. The number of hydrogen-bond acceptors (Lipinski definition) is 2. The summed E-state index contributed by atoms with van der Waals surface area (Å²) in [6.07, 6.45) is 0. The SMILES string of the molecule is CC.Cc1nc(C)c2ccccc2n1. The highest BCUT2D eigenvalue weighted by Crippen LogP contribution is 2.13. The van der Waals surface area contributed by atoms with Gasteiger partial charge in [0, 0.05) is 11.1 Å². The van der Waals surface area contributed by atoms with Gasteiger partial charge >= 0.3 is 0 Å². The standard InChI is InChI=1S/C10H10N2.C2H6/c1-7-9-5-3-4-6-10(9)12-8(2)11-7;1-2/h3-6H,1-2H3;1-2H3. The number of rotatable bonds is 0. The molecule has 0 aliphatic carbocycles. The Morgan fingerprint density at radius 3 is 2.29 bits per heavy atom. The van der Waals surface area contributed by atoms with E-state index in [-0.39, 0.29) is 0 Å². The summed E-state index contributed by atoms with van der Waals surface area (Å²) in [4.78, 5) is 8.62. The van der Waals surface area contributed by atoms with E-state index in [1.165, 1.54) is 0 Å². The average molecular weight is 188 g/mol. The summed E-state index contributed by atoms with van der Waals surface area (Å²) < 4.78 is 0. The van der Waals surface area contributed by atoms with Crippen LogP contribution in [0.2, 0.25) is 0 Å². The molecule has 0 fully saturated rings. The summed E-state index contributed by atoms with van der Waals surface area (Å²) in [5.74, 6) is 0.839. The fourth-order valence-electron chi connectivity index (χ4n) is 1.38. The fraction of sp³-hybridized carbons (Fsp3) is 0.333. The number of hydrogen-bond donors (Lipinski definition) is 0. The lowest BCUT2D eigenvalue weighted by molar-refractivity contribution is 1.05. The van der Waals surface area contributed by atoms with Gasteiger partial charge in [-0.1, -0.05) is 32.0 Å². The highest BCUT2D eigenvalue weighted by molar-refractivity contribution is 5.80. The van der Waals surface area contributed by atoms with Crippen LogP contribution in [0.15, 0.2) is 24.3 Å². The van der Waals surface area contributed by atoms with Crippen molar-refractivity contribution in [1.82, 2.24) is 9.97 Å². The normalized spacial score (nSPS) is 9.43. The van der Waals surface area contributed by atoms with Crippen LogP contribution in [0.5, 0.6) is 0 Å². The molecule has 0 atom stereocenters. The third-order valence-electron chi connectivity index (χ3n) is 1.91. The molecule has 0 saturated carbocycles. The molecule has 2 nitrogen and oxygen atoms in total. The largest absolute Gasteiger partial charge is 0.238 e. The maximum atomic E-state index is 4.33. The van der Waals surface area contributed by atoms with E-state index < -0.39 is 0 Å². The lowest BCUT2D eigenvalue weighted by Gasteiger charge is -2.00. The average Bonchev–Trinajstić information content (AvgIpc) is 2.20. The van der Waals surface area contributed by atoms with E-state index in [9.17, 15) is 0 Å². The molecule has 74 valence electrons. The minimum atomic E-state index is 0.839. The Morgan fingerprint density at radius 1 is 0.929 bits per heavy atom. The molecule has 0 bridgehead atoms. The van der Waals surface area contributed by atoms with Gasteiger partial charge in [0.2, 0.25) is 0 Å². The van der Waals surface area contributed by atoms with Crippen molar-refractivity contribution in [2.45, 2.75) is 27.7 Å². The van der Waals surface area contributed by atoms with Crippen molar-refractivity contribution in [1.29, 1.82) is 0 Å². The molecule has 14 heavy (non-hydrogen) atoms. The Balaban J connectivity index is 0.000000461. The Labute approximate surface area is 85.0 Å². The van der Waals surface area contributed by atoms with E-state index >= 15 is 0 Å². The van der Waals surface area contributed by atoms with E-state index in [4.69, 9.17) is 0 Å². The number of nitrogens with zero attached hydrogens (tertiary/aromatic N) is 2. The first kappa shape index (κ1) is 10.6. The molecule has 0 aliphatic heterocycles. The summed E-state index contributed by atoms with van der Waals surface area (Å²) in [7, 11) is 0. The Kier molecular flexibility index (Phi) is 3.57. The molecule has 2 rings (SSSR count). The third-order valence-corrected chi connectivity index (χ3v) is 1.91. The van der Waals surface area contributed by atoms with E-state index in [0.29, 0.717) is 0 Å². The van der Waals surface area contributed by atoms with Crippen molar-refractivity contribution in [2.24, 2.45) is 0 Å². The van der Waals surface area contributed by atoms with E-state index in [0.717, 1.165) is 22.4 Å². The van der Waals surface area contributed by atoms with Gasteiger partial charge in [-0.15, -0.1) is 0 Å². The lowest BCUT2D eigenvalue weighted by Crippen LogP contribution is -1.92. The van der Waals surface area contributed by atoms with Crippen LogP contribution in [0.4, 0.5) is 0 Å². The molecule has 1 heterocycles. The second kappa shape index (κ2) is 4.70. The predicted molar refractivity (Wildman–Crippen MR) is 60.4 cm³/mol. The first-order valence-electron chi connectivity index (χ1n) is 4.97. The van der Waals surface area contributed by atoms with Crippen LogP contribution in [0.25, 0.3) is 10.9 Å². The Hall–Kier alpha value is -1.44. The van der Waals surface area contributed by atoms with Crippen LogP contribution in [-0.2, 0) is 0 Å². The minimum absolute atomic E-state index is 0.839. The zero-order chi connectivity index (χ0) is 10.6. The van der Waals surface area contributed by atoms with Crippen molar-refractivity contribution in [3.63, 3.8) is 0 Å². The van der Waals surface area contributed by atoms with Crippen LogP contribution in [-0.4, -0.2) is 9.97 Å². The van der Waals surface area contributed by atoms with Gasteiger partial charge in [-0.2, -0.15) is 0 Å². The van der Waals surface area contributed by atoms with Gasteiger partial charge in [0.05, 0.1) is 5.52 Å². The van der Waals surface area contributed by atoms with Gasteiger partial charge in [0.25, 0.3) is 0 Å². The van der Waals surface area contributed by atoms with Gasteiger partial charge in [-0.3, -0.25) is 0 Å². The van der Waals surface area contributed by atoms with Crippen molar-refractivity contribution < 1.29 is 0 Å². The Bertz CT molecular complexity index is 422. The van der Waals surface area contributed by atoms with Crippen LogP contribution in [0.1, 0.15) is 25.4 Å². The van der Waals surface area contributed by atoms with Gasteiger partial charge in [-0.05, 0) is 19.9 Å². The summed E-state index contributed by atoms with van der Waals surface area (Å²) in [6.45, 7) is 7.93. The minimum Gasteiger partial charge on any atom is -0.238 e. The van der Waals surface area contributed by atoms with Crippen molar-refractivity contribution >= 4 is 10.9 Å². The molecule has 0 N–H and O–H groups in total. The molecule has 0 radical (unpaired) electrons. The molecule has 0 unspecified atom stereocenters. The van der Waals surface area contributed by atoms with Gasteiger partial charge < -0.3 is 0 Å². The van der Waals surface area contributed by atoms with Gasteiger partial charge in [-0.25, -0.2) is 9.97 Å². The van der Waals surface area contributed by atoms with Gasteiger partial charge in [0.15, 0.2) is 0 Å². The number of aryl methyl sites for hydroxylation is 2. The molecule has 0 spiro atoms. The summed E-state index contributed by atoms with van der Waals surface area (Å²) in [5, 5.41) is 1.14. The molecule has 1 aromatic heterocycles. The number of fused-ring (bicyclic) bond motifs is 1. The molecule has 2 aromatic rings. The summed E-state index contributed by atoms with van der Waals surface area (Å²) in [5.41, 5.74) is 2.08. The highest BCUT2D eigenvalue weighted by atomic mass is 14.9. The smallest absolute Gasteiger partial charge is 0.126 e. The second-order valence-corrected chi connectivity index (χ2v) is 2.87. The lowest BCUT2D eigenvalue weighted by atomic mass is 10.2. The quantitative estimate of drug-likeness (QED) is 0.634. The molecular weight excluding hydrogens is 172 g/mol. The van der Waals surface area contributed by atoms with Crippen LogP contribution in [0, 0.1) is 13.8 Å². The predicted octanol–water partition coefficient (Wildman–Crippen LogP) is 3.27. The molecule has 1 aromatic carbocycles. The van der Waals surface area contributed by atoms with Crippen LogP contribution < -0.4 is 0 Å². The molecule has 0 saturated heterocycles. The fourth-order valence-corrected chi connectivity index (χ4v) is 1.38. The first-order chi connectivity index (χ1) is 6.77. The van der Waals surface area contributed by atoms with Crippen molar-refractivity contribution in [3.8, 4) is 0 Å². The summed E-state index contributed by atoms with van der Waals surface area (Å²) in [6, 6.07) is 8.06. The number of aromatic nitrogens is 2. The molecule has 2 heteroatoms. The van der Waals surface area contributed by atoms with E-state index in [1.54, 1.807) is 0 Å². The molecular formula is C12H16N2. The maximum Gasteiger partial charge on any atom is 0.126 e. The third kappa shape index (κ3) is 2.08. The monoisotopic (exact) mass is 188 g/mol.